The van der Waals surface area contributed by atoms with Crippen molar-refractivity contribution in [2.75, 3.05) is 52.7 Å². The Morgan fingerprint density at radius 1 is 0.565 bits per heavy atom. The molecule has 0 aromatic carbocycles. The Bertz CT molecular complexity index is 296. The van der Waals surface area contributed by atoms with Crippen LogP contribution in [-0.2, 0) is 23.8 Å². The average Bonchev–Trinajstić information content (AvgIpc) is 2.54. The molecule has 0 bridgehead atoms. The topological polar surface area (TPSA) is 85.9 Å². The van der Waals surface area contributed by atoms with Gasteiger partial charge in [0.25, 0.3) is 0 Å². The first-order valence-electron chi connectivity index (χ1n) is 8.55. The smallest absolute Gasteiger partial charge is 0.245 e. The molecule has 23 heavy (non-hydrogen) atoms. The van der Waals surface area contributed by atoms with Crippen LogP contribution in [0.3, 0.4) is 0 Å². The van der Waals surface area contributed by atoms with Crippen molar-refractivity contribution in [1.82, 2.24) is 10.6 Å². The highest BCUT2D eigenvalue weighted by atomic mass is 16.5. The molecule has 1 aliphatic heterocycles. The Kier molecular flexibility index (Phi) is 12.5. The Balaban J connectivity index is 2.17. The lowest BCUT2D eigenvalue weighted by molar-refractivity contribution is -0.126. The van der Waals surface area contributed by atoms with Crippen molar-refractivity contribution in [2.24, 2.45) is 0 Å². The first-order valence-corrected chi connectivity index (χ1v) is 8.55. The van der Waals surface area contributed by atoms with Gasteiger partial charge in [0.15, 0.2) is 0 Å². The van der Waals surface area contributed by atoms with Gasteiger partial charge in [-0.05, 0) is 12.8 Å². The van der Waals surface area contributed by atoms with Crippen LogP contribution in [0.1, 0.15) is 38.5 Å². The maximum Gasteiger partial charge on any atom is 0.245 e. The van der Waals surface area contributed by atoms with E-state index in [1.54, 1.807) is 0 Å². The fourth-order valence-electron chi connectivity index (χ4n) is 2.18. The standard InChI is InChI=1S/C16H30N2O5/c19-15-13-22-11-9-21-10-12-23-14-16(20)18-8-6-4-2-1-3-5-7-17-15/h1-14H2,(H,17,19)(H,18,20). The summed E-state index contributed by atoms with van der Waals surface area (Å²) in [6.07, 6.45) is 6.50. The molecular weight excluding hydrogens is 300 g/mol. The fraction of sp³-hybridized carbons (Fsp3) is 0.875. The van der Waals surface area contributed by atoms with E-state index < -0.39 is 0 Å². The summed E-state index contributed by atoms with van der Waals surface area (Å²) in [7, 11) is 0. The summed E-state index contributed by atoms with van der Waals surface area (Å²) in [4.78, 5) is 23.0. The third kappa shape index (κ3) is 13.0. The molecule has 2 N–H and O–H groups in total. The molecule has 7 nitrogen and oxygen atoms in total. The summed E-state index contributed by atoms with van der Waals surface area (Å²) in [5.74, 6) is -0.160. The number of amides is 2. The summed E-state index contributed by atoms with van der Waals surface area (Å²) in [6.45, 7) is 3.09. The molecular formula is C16H30N2O5. The average molecular weight is 330 g/mol. The Labute approximate surface area is 138 Å². The first-order chi connectivity index (χ1) is 11.3. The third-order valence-electron chi connectivity index (χ3n) is 3.46. The molecule has 0 unspecified atom stereocenters. The van der Waals surface area contributed by atoms with Gasteiger partial charge in [0, 0.05) is 13.1 Å². The molecule has 0 aliphatic carbocycles. The molecule has 134 valence electrons. The quantitative estimate of drug-likeness (QED) is 0.680. The second-order valence-corrected chi connectivity index (χ2v) is 5.54. The summed E-state index contributed by atoms with van der Waals surface area (Å²) in [5, 5.41) is 5.69. The zero-order chi connectivity index (χ0) is 16.6. The van der Waals surface area contributed by atoms with Crippen molar-refractivity contribution in [3.8, 4) is 0 Å². The molecule has 1 heterocycles. The van der Waals surface area contributed by atoms with E-state index in [0.29, 0.717) is 39.5 Å². The number of nitrogens with one attached hydrogen (secondary N) is 2. The molecule has 0 aromatic rings. The van der Waals surface area contributed by atoms with Gasteiger partial charge in [-0.1, -0.05) is 25.7 Å². The molecule has 1 aliphatic rings. The lowest BCUT2D eigenvalue weighted by Gasteiger charge is -2.07. The number of carbonyl (C=O) groups is 2. The fourth-order valence-corrected chi connectivity index (χ4v) is 2.18. The largest absolute Gasteiger partial charge is 0.377 e. The van der Waals surface area contributed by atoms with Gasteiger partial charge in [-0.2, -0.15) is 0 Å². The SMILES string of the molecule is O=C1COCCOCCOCC(=O)NCCCCCCCCN1. The van der Waals surface area contributed by atoms with E-state index >= 15 is 0 Å². The molecule has 1 saturated heterocycles. The monoisotopic (exact) mass is 330 g/mol. The van der Waals surface area contributed by atoms with Gasteiger partial charge in [-0.25, -0.2) is 0 Å². The summed E-state index contributed by atoms with van der Waals surface area (Å²) in [6, 6.07) is 0. The van der Waals surface area contributed by atoms with Gasteiger partial charge < -0.3 is 24.8 Å². The van der Waals surface area contributed by atoms with E-state index in [-0.39, 0.29) is 25.0 Å². The number of carbonyl (C=O) groups excluding carboxylic acids is 2. The molecule has 0 aromatic heterocycles. The summed E-state index contributed by atoms with van der Waals surface area (Å²) >= 11 is 0. The van der Waals surface area contributed by atoms with Crippen LogP contribution in [-0.4, -0.2) is 64.5 Å². The maximum atomic E-state index is 11.5. The predicted octanol–water partition coefficient (Wildman–Crippen LogP) is 0.623. The van der Waals surface area contributed by atoms with E-state index in [2.05, 4.69) is 10.6 Å². The highest BCUT2D eigenvalue weighted by Crippen LogP contribution is 2.04. The van der Waals surface area contributed by atoms with Gasteiger partial charge >= 0.3 is 0 Å². The van der Waals surface area contributed by atoms with Crippen LogP contribution < -0.4 is 10.6 Å². The molecule has 2 amide bonds. The number of hydrogen-bond acceptors (Lipinski definition) is 5. The normalized spacial score (nSPS) is 22.4. The minimum absolute atomic E-state index is 0.0695. The molecule has 1 rings (SSSR count). The van der Waals surface area contributed by atoms with E-state index in [1.165, 1.54) is 0 Å². The predicted molar refractivity (Wildman–Crippen MR) is 86.2 cm³/mol. The zero-order valence-corrected chi connectivity index (χ0v) is 13.9. The molecule has 7 heteroatoms. The van der Waals surface area contributed by atoms with E-state index in [9.17, 15) is 9.59 Å². The van der Waals surface area contributed by atoms with Crippen molar-refractivity contribution < 1.29 is 23.8 Å². The Hall–Kier alpha value is -1.18. The minimum atomic E-state index is -0.0798. The molecule has 0 saturated carbocycles. The van der Waals surface area contributed by atoms with E-state index in [0.717, 1.165) is 38.5 Å². The second-order valence-electron chi connectivity index (χ2n) is 5.54. The second kappa shape index (κ2) is 14.4. The Morgan fingerprint density at radius 2 is 0.957 bits per heavy atom. The first kappa shape index (κ1) is 19.9. The zero-order valence-electron chi connectivity index (χ0n) is 13.9. The van der Waals surface area contributed by atoms with Crippen LogP contribution in [0.25, 0.3) is 0 Å². The highest BCUT2D eigenvalue weighted by Gasteiger charge is 2.02. The van der Waals surface area contributed by atoms with Gasteiger partial charge in [0.2, 0.25) is 11.8 Å². The van der Waals surface area contributed by atoms with Crippen molar-refractivity contribution in [2.45, 2.75) is 38.5 Å². The van der Waals surface area contributed by atoms with Gasteiger partial charge in [-0.15, -0.1) is 0 Å². The van der Waals surface area contributed by atoms with Crippen LogP contribution in [0.5, 0.6) is 0 Å². The molecule has 0 spiro atoms. The van der Waals surface area contributed by atoms with Crippen LogP contribution in [0.4, 0.5) is 0 Å². The Morgan fingerprint density at radius 3 is 1.43 bits per heavy atom. The van der Waals surface area contributed by atoms with Crippen molar-refractivity contribution >= 4 is 11.8 Å². The third-order valence-corrected chi connectivity index (χ3v) is 3.46. The van der Waals surface area contributed by atoms with Crippen molar-refractivity contribution in [3.63, 3.8) is 0 Å². The number of hydrogen-bond donors (Lipinski definition) is 2. The van der Waals surface area contributed by atoms with Crippen LogP contribution in [0.2, 0.25) is 0 Å². The van der Waals surface area contributed by atoms with Gasteiger partial charge in [0.1, 0.15) is 13.2 Å². The van der Waals surface area contributed by atoms with Crippen molar-refractivity contribution in [3.05, 3.63) is 0 Å². The molecule has 1 fully saturated rings. The van der Waals surface area contributed by atoms with Gasteiger partial charge in [-0.3, -0.25) is 9.59 Å². The van der Waals surface area contributed by atoms with Crippen LogP contribution in [0, 0.1) is 0 Å². The summed E-state index contributed by atoms with van der Waals surface area (Å²) in [5.41, 5.74) is 0. The highest BCUT2D eigenvalue weighted by molar-refractivity contribution is 5.77. The van der Waals surface area contributed by atoms with E-state index in [1.807, 2.05) is 0 Å². The lowest BCUT2D eigenvalue weighted by Crippen LogP contribution is -2.29. The summed E-state index contributed by atoms with van der Waals surface area (Å²) < 4.78 is 15.7. The lowest BCUT2D eigenvalue weighted by atomic mass is 10.1. The molecule has 0 atom stereocenters. The van der Waals surface area contributed by atoms with Crippen molar-refractivity contribution in [1.29, 1.82) is 0 Å². The van der Waals surface area contributed by atoms with Gasteiger partial charge in [0.05, 0.1) is 26.4 Å². The molecule has 0 radical (unpaired) electrons. The number of rotatable bonds is 0. The maximum absolute atomic E-state index is 11.5. The number of ether oxygens (including phenoxy) is 3. The van der Waals surface area contributed by atoms with Crippen LogP contribution >= 0.6 is 0 Å². The van der Waals surface area contributed by atoms with Crippen LogP contribution in [0.15, 0.2) is 0 Å². The minimum Gasteiger partial charge on any atom is -0.377 e. The van der Waals surface area contributed by atoms with E-state index in [4.69, 9.17) is 14.2 Å².